The fourth-order valence-electron chi connectivity index (χ4n) is 0.647. The SMILES string of the molecule is C=CC(=O)OCC(O)COCCOC. The molecule has 0 aliphatic heterocycles. The van der Waals surface area contributed by atoms with Gasteiger partial charge in [0.25, 0.3) is 0 Å². The highest BCUT2D eigenvalue weighted by Gasteiger charge is 2.06. The van der Waals surface area contributed by atoms with Gasteiger partial charge in [0.2, 0.25) is 0 Å². The molecule has 14 heavy (non-hydrogen) atoms. The summed E-state index contributed by atoms with van der Waals surface area (Å²) in [5.41, 5.74) is 0. The molecule has 0 aliphatic rings. The topological polar surface area (TPSA) is 65.0 Å². The van der Waals surface area contributed by atoms with Crippen molar-refractivity contribution in [2.24, 2.45) is 0 Å². The molecule has 0 saturated carbocycles. The van der Waals surface area contributed by atoms with E-state index in [-0.39, 0.29) is 13.2 Å². The molecule has 0 aromatic rings. The number of carbonyl (C=O) groups excluding carboxylic acids is 1. The van der Waals surface area contributed by atoms with Crippen molar-refractivity contribution in [2.45, 2.75) is 6.10 Å². The minimum absolute atomic E-state index is 0.0855. The Hall–Kier alpha value is -0.910. The molecule has 0 aromatic carbocycles. The van der Waals surface area contributed by atoms with Crippen LogP contribution in [0.25, 0.3) is 0 Å². The van der Waals surface area contributed by atoms with Crippen LogP contribution in [0.1, 0.15) is 0 Å². The van der Waals surface area contributed by atoms with Gasteiger partial charge in [0.05, 0.1) is 19.8 Å². The Labute approximate surface area is 83.3 Å². The number of rotatable bonds is 8. The van der Waals surface area contributed by atoms with Crippen LogP contribution in [0.15, 0.2) is 12.7 Å². The van der Waals surface area contributed by atoms with Gasteiger partial charge in [0.15, 0.2) is 0 Å². The van der Waals surface area contributed by atoms with Gasteiger partial charge in [-0.3, -0.25) is 0 Å². The molecular weight excluding hydrogens is 188 g/mol. The van der Waals surface area contributed by atoms with Crippen molar-refractivity contribution < 1.29 is 24.1 Å². The largest absolute Gasteiger partial charge is 0.460 e. The Balaban J connectivity index is 3.31. The third kappa shape index (κ3) is 7.72. The summed E-state index contributed by atoms with van der Waals surface area (Å²) in [5.74, 6) is -0.555. The van der Waals surface area contributed by atoms with Crippen molar-refractivity contribution >= 4 is 5.97 Å². The van der Waals surface area contributed by atoms with Gasteiger partial charge < -0.3 is 19.3 Å². The quantitative estimate of drug-likeness (QED) is 0.335. The third-order valence-corrected chi connectivity index (χ3v) is 1.33. The van der Waals surface area contributed by atoms with Crippen molar-refractivity contribution in [1.29, 1.82) is 0 Å². The molecule has 1 unspecified atom stereocenters. The summed E-state index contributed by atoms with van der Waals surface area (Å²) >= 11 is 0. The summed E-state index contributed by atoms with van der Waals surface area (Å²) < 4.78 is 14.3. The minimum atomic E-state index is -0.809. The van der Waals surface area contributed by atoms with E-state index in [1.165, 1.54) is 0 Å². The maximum Gasteiger partial charge on any atom is 0.330 e. The number of ether oxygens (including phenoxy) is 3. The first-order valence-electron chi connectivity index (χ1n) is 4.24. The van der Waals surface area contributed by atoms with Crippen LogP contribution in [-0.2, 0) is 19.0 Å². The molecule has 5 heteroatoms. The highest BCUT2D eigenvalue weighted by Crippen LogP contribution is 1.89. The van der Waals surface area contributed by atoms with Crippen molar-refractivity contribution in [3.63, 3.8) is 0 Å². The molecule has 0 rings (SSSR count). The molecule has 0 saturated heterocycles. The number of aliphatic hydroxyl groups excluding tert-OH is 1. The second-order valence-electron chi connectivity index (χ2n) is 2.56. The van der Waals surface area contributed by atoms with Gasteiger partial charge >= 0.3 is 5.97 Å². The van der Waals surface area contributed by atoms with Crippen LogP contribution >= 0.6 is 0 Å². The Morgan fingerprint density at radius 1 is 1.50 bits per heavy atom. The average Bonchev–Trinajstić information content (AvgIpc) is 2.21. The van der Waals surface area contributed by atoms with Crippen LogP contribution in [0, 0.1) is 0 Å². The third-order valence-electron chi connectivity index (χ3n) is 1.33. The Bertz CT molecular complexity index is 169. The molecule has 0 amide bonds. The van der Waals surface area contributed by atoms with E-state index in [4.69, 9.17) is 9.47 Å². The smallest absolute Gasteiger partial charge is 0.330 e. The van der Waals surface area contributed by atoms with E-state index < -0.39 is 12.1 Å². The number of esters is 1. The Morgan fingerprint density at radius 3 is 2.79 bits per heavy atom. The molecule has 1 N–H and O–H groups in total. The maximum absolute atomic E-state index is 10.6. The zero-order chi connectivity index (χ0) is 10.8. The van der Waals surface area contributed by atoms with E-state index in [2.05, 4.69) is 11.3 Å². The molecule has 0 radical (unpaired) electrons. The molecule has 5 nitrogen and oxygen atoms in total. The Morgan fingerprint density at radius 2 is 2.21 bits per heavy atom. The molecule has 0 heterocycles. The summed E-state index contributed by atoms with van der Waals surface area (Å²) in [6.45, 7) is 4.13. The van der Waals surface area contributed by atoms with Crippen LogP contribution < -0.4 is 0 Å². The van der Waals surface area contributed by atoms with E-state index in [0.29, 0.717) is 13.2 Å². The van der Waals surface area contributed by atoms with Gasteiger partial charge in [-0.2, -0.15) is 0 Å². The second kappa shape index (κ2) is 8.68. The summed E-state index contributed by atoms with van der Waals surface area (Å²) in [6.07, 6.45) is 0.231. The number of hydrogen-bond acceptors (Lipinski definition) is 5. The lowest BCUT2D eigenvalue weighted by Gasteiger charge is -2.10. The van der Waals surface area contributed by atoms with Crippen molar-refractivity contribution in [2.75, 3.05) is 33.5 Å². The van der Waals surface area contributed by atoms with Crippen LogP contribution in [0.2, 0.25) is 0 Å². The van der Waals surface area contributed by atoms with Crippen LogP contribution in [0.5, 0.6) is 0 Å². The lowest BCUT2D eigenvalue weighted by molar-refractivity contribution is -0.141. The molecule has 82 valence electrons. The minimum Gasteiger partial charge on any atom is -0.460 e. The predicted octanol–water partition coefficient (Wildman–Crippen LogP) is -0.261. The normalized spacial score (nSPS) is 12.1. The Kier molecular flexibility index (Phi) is 8.11. The summed E-state index contributed by atoms with van der Waals surface area (Å²) in [7, 11) is 1.56. The van der Waals surface area contributed by atoms with Gasteiger partial charge in [-0.1, -0.05) is 6.58 Å². The van der Waals surface area contributed by atoms with E-state index in [9.17, 15) is 9.90 Å². The van der Waals surface area contributed by atoms with Crippen molar-refractivity contribution in [1.82, 2.24) is 0 Å². The zero-order valence-corrected chi connectivity index (χ0v) is 8.27. The van der Waals surface area contributed by atoms with E-state index in [1.807, 2.05) is 0 Å². The average molecular weight is 204 g/mol. The van der Waals surface area contributed by atoms with E-state index >= 15 is 0 Å². The zero-order valence-electron chi connectivity index (χ0n) is 8.27. The highest BCUT2D eigenvalue weighted by atomic mass is 16.6. The number of carbonyl (C=O) groups is 1. The van der Waals surface area contributed by atoms with Crippen molar-refractivity contribution in [3.05, 3.63) is 12.7 Å². The number of aliphatic hydroxyl groups is 1. The molecule has 0 aromatic heterocycles. The molecule has 0 aliphatic carbocycles. The number of methoxy groups -OCH3 is 1. The van der Waals surface area contributed by atoms with E-state index in [0.717, 1.165) is 6.08 Å². The van der Waals surface area contributed by atoms with Gasteiger partial charge in [-0.25, -0.2) is 4.79 Å². The fourth-order valence-corrected chi connectivity index (χ4v) is 0.647. The lowest BCUT2D eigenvalue weighted by Crippen LogP contribution is -2.24. The fraction of sp³-hybridized carbons (Fsp3) is 0.667. The van der Waals surface area contributed by atoms with Gasteiger partial charge in [0, 0.05) is 13.2 Å². The van der Waals surface area contributed by atoms with Crippen LogP contribution in [0.3, 0.4) is 0 Å². The summed E-state index contributed by atoms with van der Waals surface area (Å²) in [5, 5.41) is 9.22. The highest BCUT2D eigenvalue weighted by molar-refractivity contribution is 5.81. The van der Waals surface area contributed by atoms with E-state index in [1.54, 1.807) is 7.11 Å². The van der Waals surface area contributed by atoms with Crippen LogP contribution in [0.4, 0.5) is 0 Å². The van der Waals surface area contributed by atoms with Crippen LogP contribution in [-0.4, -0.2) is 50.7 Å². The number of hydrogen-bond donors (Lipinski definition) is 1. The molecule has 1 atom stereocenters. The predicted molar refractivity (Wildman–Crippen MR) is 49.9 cm³/mol. The standard InChI is InChI=1S/C9H16O5/c1-3-9(11)14-7-8(10)6-13-5-4-12-2/h3,8,10H,1,4-7H2,2H3. The monoisotopic (exact) mass is 204 g/mol. The molecular formula is C9H16O5. The molecule has 0 fully saturated rings. The van der Waals surface area contributed by atoms with Gasteiger partial charge in [0.1, 0.15) is 12.7 Å². The molecule has 0 bridgehead atoms. The summed E-state index contributed by atoms with van der Waals surface area (Å²) in [4.78, 5) is 10.6. The van der Waals surface area contributed by atoms with Gasteiger partial charge in [-0.15, -0.1) is 0 Å². The first-order chi connectivity index (χ1) is 6.70. The van der Waals surface area contributed by atoms with Crippen molar-refractivity contribution in [3.8, 4) is 0 Å². The summed E-state index contributed by atoms with van der Waals surface area (Å²) in [6, 6.07) is 0. The molecule has 0 spiro atoms. The first-order valence-corrected chi connectivity index (χ1v) is 4.24. The first kappa shape index (κ1) is 13.1. The lowest BCUT2D eigenvalue weighted by atomic mass is 10.4. The second-order valence-corrected chi connectivity index (χ2v) is 2.56. The maximum atomic E-state index is 10.6. The van der Waals surface area contributed by atoms with Gasteiger partial charge in [-0.05, 0) is 0 Å².